The summed E-state index contributed by atoms with van der Waals surface area (Å²) in [4.78, 5) is 12.3. The van der Waals surface area contributed by atoms with Gasteiger partial charge in [-0.25, -0.2) is 0 Å². The number of amides is 1. The molecule has 3 heteroatoms. The molecule has 0 aromatic heterocycles. The topological polar surface area (TPSA) is 38.3 Å². The summed E-state index contributed by atoms with van der Waals surface area (Å²) >= 11 is 0. The molecule has 1 aliphatic rings. The van der Waals surface area contributed by atoms with Crippen molar-refractivity contribution in [2.75, 3.05) is 6.61 Å². The van der Waals surface area contributed by atoms with E-state index in [4.69, 9.17) is 4.74 Å². The van der Waals surface area contributed by atoms with E-state index >= 15 is 0 Å². The van der Waals surface area contributed by atoms with Crippen molar-refractivity contribution in [2.45, 2.75) is 19.4 Å². The van der Waals surface area contributed by atoms with Crippen molar-refractivity contribution in [3.63, 3.8) is 0 Å². The van der Waals surface area contributed by atoms with Crippen molar-refractivity contribution in [1.29, 1.82) is 0 Å². The van der Waals surface area contributed by atoms with Crippen molar-refractivity contribution in [3.8, 4) is 5.75 Å². The maximum Gasteiger partial charge on any atom is 0.251 e. The summed E-state index contributed by atoms with van der Waals surface area (Å²) in [5.74, 6) is 0.833. The minimum Gasteiger partial charge on any atom is -0.493 e. The maximum atomic E-state index is 12.3. The molecule has 102 valence electrons. The molecule has 0 bridgehead atoms. The number of fused-ring (bicyclic) bond motifs is 1. The molecule has 0 radical (unpaired) electrons. The number of rotatable bonds is 2. The molecule has 0 saturated heterocycles. The number of hydrogen-bond acceptors (Lipinski definition) is 2. The summed E-state index contributed by atoms with van der Waals surface area (Å²) in [5.41, 5.74) is 2.90. The van der Waals surface area contributed by atoms with Gasteiger partial charge >= 0.3 is 0 Å². The first-order chi connectivity index (χ1) is 9.74. The van der Waals surface area contributed by atoms with Gasteiger partial charge in [0.2, 0.25) is 0 Å². The predicted octanol–water partition coefficient (Wildman–Crippen LogP) is 3.25. The van der Waals surface area contributed by atoms with E-state index in [2.05, 4.69) is 5.32 Å². The van der Waals surface area contributed by atoms with Crippen LogP contribution in [0.15, 0.2) is 48.5 Å². The molecule has 1 aliphatic heterocycles. The van der Waals surface area contributed by atoms with Gasteiger partial charge in [0.1, 0.15) is 5.75 Å². The highest BCUT2D eigenvalue weighted by atomic mass is 16.5. The Kier molecular flexibility index (Phi) is 3.42. The third kappa shape index (κ3) is 2.52. The normalized spacial score (nSPS) is 16.9. The van der Waals surface area contributed by atoms with Gasteiger partial charge in [0.05, 0.1) is 12.6 Å². The van der Waals surface area contributed by atoms with E-state index in [1.165, 1.54) is 0 Å². The Morgan fingerprint density at radius 3 is 2.70 bits per heavy atom. The Morgan fingerprint density at radius 1 is 1.15 bits per heavy atom. The second-order valence-corrected chi connectivity index (χ2v) is 5.07. The van der Waals surface area contributed by atoms with Crippen LogP contribution in [0.5, 0.6) is 5.75 Å². The SMILES string of the molecule is Cc1ccc(C(=O)NC2CCOc3ccccc32)cc1. The summed E-state index contributed by atoms with van der Waals surface area (Å²) < 4.78 is 5.61. The monoisotopic (exact) mass is 267 g/mol. The second kappa shape index (κ2) is 5.37. The van der Waals surface area contributed by atoms with Gasteiger partial charge < -0.3 is 10.1 Å². The van der Waals surface area contributed by atoms with E-state index in [0.717, 1.165) is 23.3 Å². The van der Waals surface area contributed by atoms with Crippen molar-refractivity contribution in [3.05, 3.63) is 65.2 Å². The molecule has 1 amide bonds. The number of para-hydroxylation sites is 1. The van der Waals surface area contributed by atoms with Crippen molar-refractivity contribution in [2.24, 2.45) is 0 Å². The standard InChI is InChI=1S/C17H17NO2/c1-12-6-8-13(9-7-12)17(19)18-15-10-11-20-16-5-3-2-4-14(15)16/h2-9,15H,10-11H2,1H3,(H,18,19). The van der Waals surface area contributed by atoms with Crippen molar-refractivity contribution in [1.82, 2.24) is 5.32 Å². The predicted molar refractivity (Wildman–Crippen MR) is 77.9 cm³/mol. The van der Waals surface area contributed by atoms with Gasteiger partial charge in [-0.3, -0.25) is 4.79 Å². The van der Waals surface area contributed by atoms with Crippen LogP contribution in [-0.4, -0.2) is 12.5 Å². The fourth-order valence-corrected chi connectivity index (χ4v) is 2.44. The Labute approximate surface area is 118 Å². The van der Waals surface area contributed by atoms with Crippen LogP contribution < -0.4 is 10.1 Å². The minimum absolute atomic E-state index is 0.0220. The molecule has 20 heavy (non-hydrogen) atoms. The van der Waals surface area contributed by atoms with Gasteiger partial charge in [-0.2, -0.15) is 0 Å². The van der Waals surface area contributed by atoms with Crippen LogP contribution in [0.25, 0.3) is 0 Å². The number of nitrogens with one attached hydrogen (secondary N) is 1. The van der Waals surface area contributed by atoms with Crippen LogP contribution in [0.2, 0.25) is 0 Å². The molecule has 0 saturated carbocycles. The number of hydrogen-bond donors (Lipinski definition) is 1. The van der Waals surface area contributed by atoms with Gasteiger partial charge in [-0.1, -0.05) is 35.9 Å². The van der Waals surface area contributed by atoms with Gasteiger partial charge in [0.15, 0.2) is 0 Å². The van der Waals surface area contributed by atoms with E-state index in [0.29, 0.717) is 12.2 Å². The Hall–Kier alpha value is -2.29. The number of carbonyl (C=O) groups excluding carboxylic acids is 1. The lowest BCUT2D eigenvalue weighted by Crippen LogP contribution is -2.32. The highest BCUT2D eigenvalue weighted by molar-refractivity contribution is 5.94. The van der Waals surface area contributed by atoms with Gasteiger partial charge in [-0.15, -0.1) is 0 Å². The Bertz CT molecular complexity index is 619. The van der Waals surface area contributed by atoms with E-state index in [1.54, 1.807) is 0 Å². The largest absolute Gasteiger partial charge is 0.493 e. The van der Waals surface area contributed by atoms with E-state index < -0.39 is 0 Å². The molecular formula is C17H17NO2. The molecule has 0 aliphatic carbocycles. The molecule has 0 spiro atoms. The molecule has 1 unspecified atom stereocenters. The fraction of sp³-hybridized carbons (Fsp3) is 0.235. The van der Waals surface area contributed by atoms with Gasteiger partial charge in [0, 0.05) is 17.5 Å². The zero-order valence-electron chi connectivity index (χ0n) is 11.4. The lowest BCUT2D eigenvalue weighted by Gasteiger charge is -2.26. The zero-order chi connectivity index (χ0) is 13.9. The van der Waals surface area contributed by atoms with Gasteiger partial charge in [0.25, 0.3) is 5.91 Å². The maximum absolute atomic E-state index is 12.3. The van der Waals surface area contributed by atoms with Crippen LogP contribution in [0.1, 0.15) is 33.9 Å². The van der Waals surface area contributed by atoms with Crippen molar-refractivity contribution < 1.29 is 9.53 Å². The zero-order valence-corrected chi connectivity index (χ0v) is 11.4. The Balaban J connectivity index is 1.79. The Morgan fingerprint density at radius 2 is 1.90 bits per heavy atom. The van der Waals surface area contributed by atoms with Gasteiger partial charge in [-0.05, 0) is 25.1 Å². The quantitative estimate of drug-likeness (QED) is 0.907. The van der Waals surface area contributed by atoms with E-state index in [1.807, 2.05) is 55.5 Å². The molecule has 0 fully saturated rings. The summed E-state index contributed by atoms with van der Waals surface area (Å²) in [6, 6.07) is 15.5. The molecular weight excluding hydrogens is 250 g/mol. The summed E-state index contributed by atoms with van der Waals surface area (Å²) in [6.07, 6.45) is 0.800. The lowest BCUT2D eigenvalue weighted by molar-refractivity contribution is 0.0925. The molecule has 2 aromatic rings. The first-order valence-corrected chi connectivity index (χ1v) is 6.83. The average molecular weight is 267 g/mol. The van der Waals surface area contributed by atoms with Crippen LogP contribution >= 0.6 is 0 Å². The minimum atomic E-state index is -0.0355. The molecule has 3 rings (SSSR count). The molecule has 3 nitrogen and oxygen atoms in total. The molecule has 1 heterocycles. The summed E-state index contributed by atoms with van der Waals surface area (Å²) in [5, 5.41) is 3.09. The summed E-state index contributed by atoms with van der Waals surface area (Å²) in [7, 11) is 0. The number of benzene rings is 2. The van der Waals surface area contributed by atoms with Crippen LogP contribution in [0, 0.1) is 6.92 Å². The first kappa shape index (κ1) is 12.7. The van der Waals surface area contributed by atoms with Crippen LogP contribution in [-0.2, 0) is 0 Å². The van der Waals surface area contributed by atoms with Crippen molar-refractivity contribution >= 4 is 5.91 Å². The third-order valence-electron chi connectivity index (χ3n) is 3.58. The van der Waals surface area contributed by atoms with E-state index in [-0.39, 0.29) is 11.9 Å². The molecule has 1 N–H and O–H groups in total. The third-order valence-corrected chi connectivity index (χ3v) is 3.58. The second-order valence-electron chi connectivity index (χ2n) is 5.07. The summed E-state index contributed by atoms with van der Waals surface area (Å²) in [6.45, 7) is 2.65. The highest BCUT2D eigenvalue weighted by Crippen LogP contribution is 2.31. The average Bonchev–Trinajstić information content (AvgIpc) is 2.48. The number of carbonyl (C=O) groups is 1. The first-order valence-electron chi connectivity index (χ1n) is 6.83. The number of ether oxygens (including phenoxy) is 1. The molecule has 2 aromatic carbocycles. The highest BCUT2D eigenvalue weighted by Gasteiger charge is 2.22. The van der Waals surface area contributed by atoms with Crippen LogP contribution in [0.4, 0.5) is 0 Å². The smallest absolute Gasteiger partial charge is 0.251 e. The number of aryl methyl sites for hydroxylation is 1. The molecule has 1 atom stereocenters. The fourth-order valence-electron chi connectivity index (χ4n) is 2.44. The van der Waals surface area contributed by atoms with E-state index in [9.17, 15) is 4.79 Å². The lowest BCUT2D eigenvalue weighted by atomic mass is 10.00. The van der Waals surface area contributed by atoms with Crippen LogP contribution in [0.3, 0.4) is 0 Å².